The maximum absolute atomic E-state index is 10.8. The molecule has 0 aliphatic heterocycles. The van der Waals surface area contributed by atoms with E-state index in [1.54, 1.807) is 6.92 Å². The highest BCUT2D eigenvalue weighted by Gasteiger charge is 2.40. The lowest BCUT2D eigenvalue weighted by molar-refractivity contribution is -0.122. The zero-order valence-corrected chi connectivity index (χ0v) is 7.61. The molecule has 0 spiro atoms. The van der Waals surface area contributed by atoms with Gasteiger partial charge in [-0.2, -0.15) is 0 Å². The molecule has 1 aliphatic carbocycles. The van der Waals surface area contributed by atoms with Crippen LogP contribution in [-0.4, -0.2) is 11.4 Å². The Morgan fingerprint density at radius 3 is 2.45 bits per heavy atom. The summed E-state index contributed by atoms with van der Waals surface area (Å²) in [6.45, 7) is 5.97. The van der Waals surface area contributed by atoms with Gasteiger partial charge in [0.1, 0.15) is 0 Å². The van der Waals surface area contributed by atoms with Crippen molar-refractivity contribution < 1.29 is 4.79 Å². The molecule has 0 bridgehead atoms. The third kappa shape index (κ3) is 1.73. The standard InChI is InChI=1S/C9H17NO/c1-4-9(10-8(3)11)5-7(2)6-9/h7H,4-6H2,1-3H3,(H,10,11). The first-order valence-electron chi connectivity index (χ1n) is 4.37. The van der Waals surface area contributed by atoms with Crippen LogP contribution in [0.5, 0.6) is 0 Å². The summed E-state index contributed by atoms with van der Waals surface area (Å²) in [5.41, 5.74) is 0.158. The van der Waals surface area contributed by atoms with Crippen LogP contribution in [0, 0.1) is 5.92 Å². The van der Waals surface area contributed by atoms with Crippen LogP contribution in [0.15, 0.2) is 0 Å². The number of hydrogen-bond acceptors (Lipinski definition) is 1. The molecule has 1 fully saturated rings. The zero-order valence-electron chi connectivity index (χ0n) is 7.61. The molecule has 0 aromatic heterocycles. The second-order valence-electron chi connectivity index (χ2n) is 3.83. The minimum Gasteiger partial charge on any atom is -0.351 e. The van der Waals surface area contributed by atoms with Gasteiger partial charge in [0, 0.05) is 12.5 Å². The maximum atomic E-state index is 10.8. The minimum atomic E-state index is 0.110. The normalized spacial score (nSPS) is 36.1. The molecule has 1 saturated carbocycles. The molecule has 0 atom stereocenters. The summed E-state index contributed by atoms with van der Waals surface area (Å²) in [7, 11) is 0. The van der Waals surface area contributed by atoms with E-state index in [2.05, 4.69) is 19.2 Å². The molecule has 0 radical (unpaired) electrons. The van der Waals surface area contributed by atoms with Crippen LogP contribution in [0.25, 0.3) is 0 Å². The first-order chi connectivity index (χ1) is 5.08. The molecule has 0 aromatic rings. The largest absolute Gasteiger partial charge is 0.351 e. The van der Waals surface area contributed by atoms with Gasteiger partial charge in [-0.05, 0) is 25.2 Å². The number of rotatable bonds is 2. The first kappa shape index (κ1) is 8.57. The zero-order chi connectivity index (χ0) is 8.48. The third-order valence-electron chi connectivity index (χ3n) is 2.60. The van der Waals surface area contributed by atoms with Crippen molar-refractivity contribution >= 4 is 5.91 Å². The summed E-state index contributed by atoms with van der Waals surface area (Å²) in [5.74, 6) is 0.903. The van der Waals surface area contributed by atoms with E-state index in [1.807, 2.05) is 0 Å². The van der Waals surface area contributed by atoms with Crippen LogP contribution in [0.1, 0.15) is 40.0 Å². The van der Waals surface area contributed by atoms with Crippen LogP contribution >= 0.6 is 0 Å². The summed E-state index contributed by atoms with van der Waals surface area (Å²) in [6.07, 6.45) is 3.38. The lowest BCUT2D eigenvalue weighted by Crippen LogP contribution is -2.55. The Morgan fingerprint density at radius 1 is 1.64 bits per heavy atom. The molecule has 11 heavy (non-hydrogen) atoms. The van der Waals surface area contributed by atoms with Crippen molar-refractivity contribution in [3.8, 4) is 0 Å². The fourth-order valence-corrected chi connectivity index (χ4v) is 2.13. The Kier molecular flexibility index (Phi) is 2.21. The SMILES string of the molecule is CCC1(NC(C)=O)CC(C)C1. The van der Waals surface area contributed by atoms with E-state index in [4.69, 9.17) is 0 Å². The van der Waals surface area contributed by atoms with Crippen LogP contribution in [0.3, 0.4) is 0 Å². The van der Waals surface area contributed by atoms with Crippen LogP contribution in [0.2, 0.25) is 0 Å². The molecule has 1 amide bonds. The van der Waals surface area contributed by atoms with Crippen molar-refractivity contribution in [1.29, 1.82) is 0 Å². The van der Waals surface area contributed by atoms with Crippen molar-refractivity contribution in [1.82, 2.24) is 5.32 Å². The maximum Gasteiger partial charge on any atom is 0.217 e. The van der Waals surface area contributed by atoms with Gasteiger partial charge in [-0.25, -0.2) is 0 Å². The number of carbonyl (C=O) groups excluding carboxylic acids is 1. The predicted octanol–water partition coefficient (Wildman–Crippen LogP) is 1.70. The van der Waals surface area contributed by atoms with Crippen LogP contribution < -0.4 is 5.32 Å². The molecule has 0 aromatic carbocycles. The topological polar surface area (TPSA) is 29.1 Å². The molecular weight excluding hydrogens is 138 g/mol. The Balaban J connectivity index is 2.44. The van der Waals surface area contributed by atoms with Gasteiger partial charge < -0.3 is 5.32 Å². The molecule has 2 nitrogen and oxygen atoms in total. The van der Waals surface area contributed by atoms with Crippen LogP contribution in [-0.2, 0) is 4.79 Å². The highest BCUT2D eigenvalue weighted by molar-refractivity contribution is 5.74. The second kappa shape index (κ2) is 2.84. The van der Waals surface area contributed by atoms with Gasteiger partial charge in [-0.1, -0.05) is 13.8 Å². The first-order valence-corrected chi connectivity index (χ1v) is 4.37. The highest BCUT2D eigenvalue weighted by atomic mass is 16.1. The van der Waals surface area contributed by atoms with Crippen molar-refractivity contribution in [2.45, 2.75) is 45.6 Å². The fourth-order valence-electron chi connectivity index (χ4n) is 2.13. The molecule has 0 saturated heterocycles. The Labute approximate surface area is 68.4 Å². The summed E-state index contributed by atoms with van der Waals surface area (Å²) in [5, 5.41) is 3.03. The lowest BCUT2D eigenvalue weighted by atomic mass is 9.67. The molecule has 64 valence electrons. The molecular formula is C9H17NO. The molecule has 1 rings (SSSR count). The molecule has 2 heteroatoms. The summed E-state index contributed by atoms with van der Waals surface area (Å²) >= 11 is 0. The Hall–Kier alpha value is -0.530. The van der Waals surface area contributed by atoms with E-state index in [1.165, 1.54) is 0 Å². The van der Waals surface area contributed by atoms with Gasteiger partial charge in [-0.3, -0.25) is 4.79 Å². The lowest BCUT2D eigenvalue weighted by Gasteiger charge is -2.46. The van der Waals surface area contributed by atoms with Crippen molar-refractivity contribution in [2.24, 2.45) is 5.92 Å². The number of nitrogens with one attached hydrogen (secondary N) is 1. The monoisotopic (exact) mass is 155 g/mol. The summed E-state index contributed by atoms with van der Waals surface area (Å²) in [4.78, 5) is 10.8. The number of amides is 1. The molecule has 0 heterocycles. The van der Waals surface area contributed by atoms with Crippen molar-refractivity contribution in [3.05, 3.63) is 0 Å². The van der Waals surface area contributed by atoms with Crippen molar-refractivity contribution in [2.75, 3.05) is 0 Å². The van der Waals surface area contributed by atoms with E-state index in [0.717, 1.165) is 25.2 Å². The smallest absolute Gasteiger partial charge is 0.217 e. The van der Waals surface area contributed by atoms with E-state index in [0.29, 0.717) is 0 Å². The number of hydrogen-bond donors (Lipinski definition) is 1. The quantitative estimate of drug-likeness (QED) is 0.646. The molecule has 0 unspecified atom stereocenters. The van der Waals surface area contributed by atoms with E-state index < -0.39 is 0 Å². The van der Waals surface area contributed by atoms with Gasteiger partial charge in [-0.15, -0.1) is 0 Å². The van der Waals surface area contributed by atoms with Crippen LogP contribution in [0.4, 0.5) is 0 Å². The van der Waals surface area contributed by atoms with Gasteiger partial charge in [0.2, 0.25) is 5.91 Å². The molecule has 1 aliphatic rings. The summed E-state index contributed by atoms with van der Waals surface area (Å²) < 4.78 is 0. The Morgan fingerprint density at radius 2 is 2.18 bits per heavy atom. The van der Waals surface area contributed by atoms with E-state index in [9.17, 15) is 4.79 Å². The second-order valence-corrected chi connectivity index (χ2v) is 3.83. The van der Waals surface area contributed by atoms with Gasteiger partial charge >= 0.3 is 0 Å². The average molecular weight is 155 g/mol. The molecule has 1 N–H and O–H groups in total. The average Bonchev–Trinajstić information content (AvgIpc) is 1.82. The van der Waals surface area contributed by atoms with Gasteiger partial charge in [0.25, 0.3) is 0 Å². The van der Waals surface area contributed by atoms with E-state index >= 15 is 0 Å². The number of carbonyl (C=O) groups is 1. The van der Waals surface area contributed by atoms with Gasteiger partial charge in [0.05, 0.1) is 0 Å². The Bertz CT molecular complexity index is 159. The van der Waals surface area contributed by atoms with Gasteiger partial charge in [0.15, 0.2) is 0 Å². The minimum absolute atomic E-state index is 0.110. The van der Waals surface area contributed by atoms with Crippen molar-refractivity contribution in [3.63, 3.8) is 0 Å². The highest BCUT2D eigenvalue weighted by Crippen LogP contribution is 2.39. The fraction of sp³-hybridized carbons (Fsp3) is 0.889. The predicted molar refractivity (Wildman–Crippen MR) is 45.2 cm³/mol. The van der Waals surface area contributed by atoms with E-state index in [-0.39, 0.29) is 11.4 Å². The third-order valence-corrected chi connectivity index (χ3v) is 2.60. The summed E-state index contributed by atoms with van der Waals surface area (Å²) in [6, 6.07) is 0.